The van der Waals surface area contributed by atoms with Crippen LogP contribution in [-0.2, 0) is 0 Å². The molecule has 27 heavy (non-hydrogen) atoms. The van der Waals surface area contributed by atoms with Gasteiger partial charge in [0.2, 0.25) is 5.89 Å². The number of rotatable bonds is 3. The Morgan fingerprint density at radius 3 is 2.67 bits per heavy atom. The minimum atomic E-state index is 0.460. The van der Waals surface area contributed by atoms with Gasteiger partial charge in [-0.1, -0.05) is 6.07 Å². The maximum absolute atomic E-state index is 5.76. The smallest absolute Gasteiger partial charge is 0.229 e. The predicted molar refractivity (Wildman–Crippen MR) is 111 cm³/mol. The third kappa shape index (κ3) is 3.78. The average molecular weight is 375 g/mol. The van der Waals surface area contributed by atoms with Crippen LogP contribution in [0.2, 0.25) is 0 Å². The Labute approximate surface area is 161 Å². The lowest BCUT2D eigenvalue weighted by molar-refractivity contribution is 0.619. The molecule has 0 bridgehead atoms. The van der Waals surface area contributed by atoms with Crippen LogP contribution in [0.25, 0.3) is 22.7 Å². The van der Waals surface area contributed by atoms with Gasteiger partial charge < -0.3 is 15.1 Å². The topological polar surface area (TPSA) is 75.9 Å². The Bertz CT molecular complexity index is 1110. The largest absolute Gasteiger partial charge is 0.434 e. The molecule has 0 aliphatic rings. The van der Waals surface area contributed by atoms with Crippen LogP contribution in [0.3, 0.4) is 0 Å². The maximum atomic E-state index is 5.76. The van der Waals surface area contributed by atoms with Gasteiger partial charge in [-0.05, 0) is 73.6 Å². The SMILES string of the molecule is Cc1ccc(NC(=S)Nc2cc(-c3nc4ncccc4o3)ccn2)cc1C. The van der Waals surface area contributed by atoms with Crippen LogP contribution < -0.4 is 10.6 Å². The summed E-state index contributed by atoms with van der Waals surface area (Å²) in [5.41, 5.74) is 5.38. The Balaban J connectivity index is 1.51. The highest BCUT2D eigenvalue weighted by molar-refractivity contribution is 7.80. The zero-order valence-corrected chi connectivity index (χ0v) is 15.7. The fraction of sp³-hybridized carbons (Fsp3) is 0.100. The summed E-state index contributed by atoms with van der Waals surface area (Å²) in [6.45, 7) is 4.14. The van der Waals surface area contributed by atoms with Crippen LogP contribution in [0.15, 0.2) is 59.3 Å². The van der Waals surface area contributed by atoms with Gasteiger partial charge in [0.1, 0.15) is 5.82 Å². The molecule has 0 fully saturated rings. The third-order valence-corrected chi connectivity index (χ3v) is 4.38. The molecule has 0 aliphatic carbocycles. The standard InChI is InChI=1S/C20H17N5OS/c1-12-5-6-15(10-13(12)2)23-20(27)24-17-11-14(7-9-21-17)19-25-18-16(26-19)4-3-8-22-18/h3-11H,1-2H3,(H2,21,23,24,27). The number of nitrogens with one attached hydrogen (secondary N) is 2. The highest BCUT2D eigenvalue weighted by atomic mass is 32.1. The molecule has 134 valence electrons. The minimum Gasteiger partial charge on any atom is -0.434 e. The molecule has 6 nitrogen and oxygen atoms in total. The van der Waals surface area contributed by atoms with E-state index in [4.69, 9.17) is 16.6 Å². The number of hydrogen-bond acceptors (Lipinski definition) is 5. The fourth-order valence-electron chi connectivity index (χ4n) is 2.62. The van der Waals surface area contributed by atoms with Crippen molar-refractivity contribution >= 4 is 40.1 Å². The van der Waals surface area contributed by atoms with Gasteiger partial charge in [-0.2, -0.15) is 4.98 Å². The number of thiocarbonyl (C=S) groups is 1. The van der Waals surface area contributed by atoms with Crippen LogP contribution >= 0.6 is 12.2 Å². The van der Waals surface area contributed by atoms with Crippen LogP contribution in [0, 0.1) is 13.8 Å². The molecule has 4 aromatic rings. The molecule has 0 aliphatic heterocycles. The van der Waals surface area contributed by atoms with E-state index in [9.17, 15) is 0 Å². The number of anilines is 2. The summed E-state index contributed by atoms with van der Waals surface area (Å²) >= 11 is 5.40. The molecule has 0 atom stereocenters. The van der Waals surface area contributed by atoms with Crippen LogP contribution in [0.5, 0.6) is 0 Å². The second-order valence-corrected chi connectivity index (χ2v) is 6.56. The summed E-state index contributed by atoms with van der Waals surface area (Å²) in [4.78, 5) is 12.9. The lowest BCUT2D eigenvalue weighted by Crippen LogP contribution is -2.19. The van der Waals surface area contributed by atoms with E-state index in [2.05, 4.69) is 51.6 Å². The average Bonchev–Trinajstić information content (AvgIpc) is 3.09. The highest BCUT2D eigenvalue weighted by Crippen LogP contribution is 2.24. The van der Waals surface area contributed by atoms with Crippen molar-refractivity contribution in [2.45, 2.75) is 13.8 Å². The molecule has 0 radical (unpaired) electrons. The first-order valence-corrected chi connectivity index (χ1v) is 8.82. The minimum absolute atomic E-state index is 0.460. The number of pyridine rings is 2. The predicted octanol–water partition coefficient (Wildman–Crippen LogP) is 4.71. The first kappa shape index (κ1) is 17.1. The van der Waals surface area contributed by atoms with Crippen molar-refractivity contribution in [2.75, 3.05) is 10.6 Å². The van der Waals surface area contributed by atoms with Crippen LogP contribution in [0.1, 0.15) is 11.1 Å². The van der Waals surface area contributed by atoms with Crippen molar-refractivity contribution in [3.63, 3.8) is 0 Å². The summed E-state index contributed by atoms with van der Waals surface area (Å²) in [5.74, 6) is 1.09. The number of hydrogen-bond donors (Lipinski definition) is 2. The molecule has 7 heteroatoms. The third-order valence-electron chi connectivity index (χ3n) is 4.18. The molecule has 0 saturated carbocycles. The molecule has 0 amide bonds. The molecule has 0 unspecified atom stereocenters. The number of aromatic nitrogens is 3. The lowest BCUT2D eigenvalue weighted by Gasteiger charge is -2.11. The van der Waals surface area contributed by atoms with Crippen molar-refractivity contribution in [3.05, 3.63) is 66.0 Å². The monoisotopic (exact) mass is 375 g/mol. The number of aryl methyl sites for hydroxylation is 2. The van der Waals surface area contributed by atoms with Crippen molar-refractivity contribution in [3.8, 4) is 11.5 Å². The van der Waals surface area contributed by atoms with Crippen LogP contribution in [0.4, 0.5) is 11.5 Å². The van der Waals surface area contributed by atoms with E-state index in [0.29, 0.717) is 28.1 Å². The van der Waals surface area contributed by atoms with E-state index in [0.717, 1.165) is 11.3 Å². The van der Waals surface area contributed by atoms with E-state index in [-0.39, 0.29) is 0 Å². The second kappa shape index (κ2) is 7.13. The summed E-state index contributed by atoms with van der Waals surface area (Å²) in [7, 11) is 0. The van der Waals surface area contributed by atoms with Crippen molar-refractivity contribution in [1.29, 1.82) is 0 Å². The number of nitrogens with zero attached hydrogens (tertiary/aromatic N) is 3. The Hall–Kier alpha value is -3.32. The van der Waals surface area contributed by atoms with Gasteiger partial charge in [0, 0.05) is 23.6 Å². The van der Waals surface area contributed by atoms with E-state index in [1.54, 1.807) is 12.4 Å². The second-order valence-electron chi connectivity index (χ2n) is 6.15. The first-order chi connectivity index (χ1) is 13.1. The van der Waals surface area contributed by atoms with Crippen molar-refractivity contribution in [1.82, 2.24) is 15.0 Å². The molecule has 2 N–H and O–H groups in total. The summed E-state index contributed by atoms with van der Waals surface area (Å²) in [6, 6.07) is 13.4. The normalized spacial score (nSPS) is 10.7. The Morgan fingerprint density at radius 2 is 1.85 bits per heavy atom. The van der Waals surface area contributed by atoms with E-state index >= 15 is 0 Å². The molecule has 3 aromatic heterocycles. The van der Waals surface area contributed by atoms with Gasteiger partial charge >= 0.3 is 0 Å². The number of fused-ring (bicyclic) bond motifs is 1. The van der Waals surface area contributed by atoms with Gasteiger partial charge in [0.25, 0.3) is 0 Å². The zero-order valence-electron chi connectivity index (χ0n) is 14.9. The molecular formula is C20H17N5OS. The quantitative estimate of drug-likeness (QED) is 0.502. The molecule has 0 saturated heterocycles. The highest BCUT2D eigenvalue weighted by Gasteiger charge is 2.10. The number of oxazole rings is 1. The molecule has 4 rings (SSSR count). The molecular weight excluding hydrogens is 358 g/mol. The summed E-state index contributed by atoms with van der Waals surface area (Å²) < 4.78 is 5.76. The Kier molecular flexibility index (Phi) is 4.52. The van der Waals surface area contributed by atoms with Gasteiger partial charge in [-0.15, -0.1) is 0 Å². The van der Waals surface area contributed by atoms with Gasteiger partial charge in [-0.3, -0.25) is 0 Å². The lowest BCUT2D eigenvalue weighted by atomic mass is 10.1. The first-order valence-electron chi connectivity index (χ1n) is 8.42. The molecule has 3 heterocycles. The van der Waals surface area contributed by atoms with Gasteiger partial charge in [-0.25, -0.2) is 9.97 Å². The maximum Gasteiger partial charge on any atom is 0.229 e. The van der Waals surface area contributed by atoms with E-state index in [1.165, 1.54) is 11.1 Å². The summed E-state index contributed by atoms with van der Waals surface area (Å²) in [5, 5.41) is 6.72. The molecule has 1 aromatic carbocycles. The van der Waals surface area contributed by atoms with Gasteiger partial charge in [0.05, 0.1) is 0 Å². The van der Waals surface area contributed by atoms with E-state index in [1.807, 2.05) is 30.3 Å². The fourth-order valence-corrected chi connectivity index (χ4v) is 2.84. The zero-order chi connectivity index (χ0) is 18.8. The summed E-state index contributed by atoms with van der Waals surface area (Å²) in [6.07, 6.45) is 3.36. The van der Waals surface area contributed by atoms with Crippen molar-refractivity contribution < 1.29 is 4.42 Å². The van der Waals surface area contributed by atoms with Crippen molar-refractivity contribution in [2.24, 2.45) is 0 Å². The molecule has 0 spiro atoms. The van der Waals surface area contributed by atoms with E-state index < -0.39 is 0 Å². The Morgan fingerprint density at radius 1 is 0.963 bits per heavy atom. The van der Waals surface area contributed by atoms with Gasteiger partial charge in [0.15, 0.2) is 16.3 Å². The van der Waals surface area contributed by atoms with Crippen LogP contribution in [-0.4, -0.2) is 20.1 Å². The number of benzene rings is 1.